The lowest BCUT2D eigenvalue weighted by atomic mass is 10.1. The highest BCUT2D eigenvalue weighted by atomic mass is 16.5. The van der Waals surface area contributed by atoms with Crippen molar-refractivity contribution in [2.45, 2.75) is 6.92 Å². The van der Waals surface area contributed by atoms with Gasteiger partial charge in [0, 0.05) is 19.2 Å². The monoisotopic (exact) mass is 266 g/mol. The SMILES string of the molecule is Cc1ccc2c(c1)/C(=[N+](\[O-])c1ccccc1)C(=O)N2C. The van der Waals surface area contributed by atoms with Crippen LogP contribution in [0.1, 0.15) is 11.1 Å². The molecule has 0 spiro atoms. The van der Waals surface area contributed by atoms with E-state index < -0.39 is 0 Å². The van der Waals surface area contributed by atoms with E-state index in [-0.39, 0.29) is 11.6 Å². The van der Waals surface area contributed by atoms with Gasteiger partial charge >= 0.3 is 5.91 Å². The number of aryl methyl sites for hydroxylation is 1. The summed E-state index contributed by atoms with van der Waals surface area (Å²) in [6, 6.07) is 14.5. The number of amides is 1. The zero-order chi connectivity index (χ0) is 14.3. The lowest BCUT2D eigenvalue weighted by molar-refractivity contribution is -0.359. The minimum atomic E-state index is -0.274. The Bertz CT molecular complexity index is 721. The van der Waals surface area contributed by atoms with Crippen LogP contribution < -0.4 is 4.90 Å². The Morgan fingerprint density at radius 3 is 2.50 bits per heavy atom. The van der Waals surface area contributed by atoms with E-state index in [9.17, 15) is 10.0 Å². The number of anilines is 1. The van der Waals surface area contributed by atoms with Gasteiger partial charge in [-0.05, 0) is 19.1 Å². The fourth-order valence-corrected chi connectivity index (χ4v) is 2.40. The number of nitrogens with zero attached hydrogens (tertiary/aromatic N) is 2. The van der Waals surface area contributed by atoms with E-state index >= 15 is 0 Å². The minimum Gasteiger partial charge on any atom is -0.618 e. The second kappa shape index (κ2) is 4.49. The Kier molecular flexibility index (Phi) is 2.79. The van der Waals surface area contributed by atoms with Crippen molar-refractivity contribution in [3.8, 4) is 0 Å². The van der Waals surface area contributed by atoms with Crippen LogP contribution in [-0.4, -0.2) is 23.4 Å². The number of likely N-dealkylation sites (N-methyl/N-ethyl adjacent to an activating group) is 1. The van der Waals surface area contributed by atoms with E-state index in [1.807, 2.05) is 31.2 Å². The van der Waals surface area contributed by atoms with Gasteiger partial charge in [-0.1, -0.05) is 29.8 Å². The van der Waals surface area contributed by atoms with Gasteiger partial charge in [0.2, 0.25) is 5.69 Å². The number of fused-ring (bicyclic) bond motifs is 1. The lowest BCUT2D eigenvalue weighted by Crippen LogP contribution is -2.29. The summed E-state index contributed by atoms with van der Waals surface area (Å²) in [6.45, 7) is 1.94. The molecular weight excluding hydrogens is 252 g/mol. The molecule has 1 aliphatic heterocycles. The van der Waals surface area contributed by atoms with Gasteiger partial charge in [0.05, 0.1) is 11.3 Å². The second-order valence-electron chi connectivity index (χ2n) is 4.86. The Morgan fingerprint density at radius 2 is 1.80 bits per heavy atom. The van der Waals surface area contributed by atoms with Crippen LogP contribution in [0.25, 0.3) is 0 Å². The summed E-state index contributed by atoms with van der Waals surface area (Å²) >= 11 is 0. The highest BCUT2D eigenvalue weighted by molar-refractivity contribution is 6.52. The van der Waals surface area contributed by atoms with E-state index in [0.717, 1.165) is 11.3 Å². The quantitative estimate of drug-likeness (QED) is 0.452. The topological polar surface area (TPSA) is 46.4 Å². The van der Waals surface area contributed by atoms with Crippen LogP contribution in [0.4, 0.5) is 11.4 Å². The van der Waals surface area contributed by atoms with Crippen LogP contribution in [0.15, 0.2) is 48.5 Å². The first-order chi connectivity index (χ1) is 9.59. The van der Waals surface area contributed by atoms with Crippen molar-refractivity contribution in [1.29, 1.82) is 0 Å². The standard InChI is InChI=1S/C16H14N2O2/c1-11-8-9-14-13(10-11)15(16(19)17(14)2)18(20)12-6-4-3-5-7-12/h3-10H,1-2H3/b18-15+. The fourth-order valence-electron chi connectivity index (χ4n) is 2.40. The van der Waals surface area contributed by atoms with Gasteiger partial charge in [0.25, 0.3) is 5.71 Å². The molecule has 0 saturated heterocycles. The molecule has 0 atom stereocenters. The Labute approximate surface area is 117 Å². The van der Waals surface area contributed by atoms with Crippen molar-refractivity contribution >= 4 is 23.0 Å². The Balaban J connectivity index is 2.25. The Hall–Kier alpha value is -2.62. The second-order valence-corrected chi connectivity index (χ2v) is 4.86. The smallest absolute Gasteiger partial charge is 0.324 e. The maximum Gasteiger partial charge on any atom is 0.324 e. The third-order valence-electron chi connectivity index (χ3n) is 3.47. The van der Waals surface area contributed by atoms with Crippen molar-refractivity contribution in [2.24, 2.45) is 0 Å². The summed E-state index contributed by atoms with van der Waals surface area (Å²) in [5, 5.41) is 12.5. The summed E-state index contributed by atoms with van der Waals surface area (Å²) in [5.41, 5.74) is 3.12. The van der Waals surface area contributed by atoms with Gasteiger partial charge in [-0.2, -0.15) is 4.74 Å². The number of para-hydroxylation sites is 1. The molecule has 0 aromatic heterocycles. The zero-order valence-electron chi connectivity index (χ0n) is 11.3. The number of carbonyl (C=O) groups is 1. The number of rotatable bonds is 1. The molecule has 0 radical (unpaired) electrons. The van der Waals surface area contributed by atoms with Gasteiger partial charge in [-0.25, -0.2) is 0 Å². The molecule has 1 aliphatic rings. The molecule has 0 saturated carbocycles. The average Bonchev–Trinajstić information content (AvgIpc) is 2.71. The molecular formula is C16H14N2O2. The number of hydrogen-bond donors (Lipinski definition) is 0. The van der Waals surface area contributed by atoms with Gasteiger partial charge in [0.1, 0.15) is 0 Å². The summed E-state index contributed by atoms with van der Waals surface area (Å²) in [7, 11) is 1.68. The molecule has 0 fully saturated rings. The van der Waals surface area contributed by atoms with Crippen molar-refractivity contribution in [3.05, 3.63) is 64.9 Å². The first-order valence-corrected chi connectivity index (χ1v) is 6.38. The molecule has 2 aromatic rings. The van der Waals surface area contributed by atoms with Crippen LogP contribution in [0.2, 0.25) is 0 Å². The van der Waals surface area contributed by atoms with Crippen LogP contribution in [0.3, 0.4) is 0 Å². The average molecular weight is 266 g/mol. The van der Waals surface area contributed by atoms with E-state index in [1.165, 1.54) is 4.90 Å². The summed E-state index contributed by atoms with van der Waals surface area (Å²) in [6.07, 6.45) is 0. The molecule has 0 N–H and O–H groups in total. The van der Waals surface area contributed by atoms with Gasteiger partial charge in [-0.15, -0.1) is 0 Å². The van der Waals surface area contributed by atoms with E-state index in [0.29, 0.717) is 16.0 Å². The van der Waals surface area contributed by atoms with Crippen LogP contribution in [0, 0.1) is 12.1 Å². The van der Waals surface area contributed by atoms with Crippen molar-refractivity contribution in [3.63, 3.8) is 0 Å². The van der Waals surface area contributed by atoms with Gasteiger partial charge < -0.3 is 10.1 Å². The largest absolute Gasteiger partial charge is 0.618 e. The summed E-state index contributed by atoms with van der Waals surface area (Å²) in [5.74, 6) is -0.274. The summed E-state index contributed by atoms with van der Waals surface area (Å²) in [4.78, 5) is 13.8. The fraction of sp³-hybridized carbons (Fsp3) is 0.125. The van der Waals surface area contributed by atoms with Crippen molar-refractivity contribution in [2.75, 3.05) is 11.9 Å². The molecule has 100 valence electrons. The molecule has 4 heteroatoms. The minimum absolute atomic E-state index is 0.178. The summed E-state index contributed by atoms with van der Waals surface area (Å²) < 4.78 is 0.712. The van der Waals surface area contributed by atoms with E-state index in [2.05, 4.69) is 0 Å². The Morgan fingerprint density at radius 1 is 1.10 bits per heavy atom. The molecule has 0 bridgehead atoms. The maximum atomic E-state index is 12.5. The normalized spacial score (nSPS) is 16.3. The van der Waals surface area contributed by atoms with E-state index in [1.54, 1.807) is 31.3 Å². The predicted molar refractivity (Wildman–Crippen MR) is 78.4 cm³/mol. The third-order valence-corrected chi connectivity index (χ3v) is 3.47. The van der Waals surface area contributed by atoms with Crippen LogP contribution >= 0.6 is 0 Å². The first-order valence-electron chi connectivity index (χ1n) is 6.38. The van der Waals surface area contributed by atoms with E-state index in [4.69, 9.17) is 0 Å². The van der Waals surface area contributed by atoms with Crippen LogP contribution in [-0.2, 0) is 4.79 Å². The molecule has 2 aromatic carbocycles. The lowest BCUT2D eigenvalue weighted by Gasteiger charge is -2.07. The zero-order valence-corrected chi connectivity index (χ0v) is 11.3. The molecule has 0 aliphatic carbocycles. The number of benzene rings is 2. The molecule has 3 rings (SSSR count). The van der Waals surface area contributed by atoms with Crippen molar-refractivity contribution < 1.29 is 9.53 Å². The van der Waals surface area contributed by atoms with Crippen molar-refractivity contribution in [1.82, 2.24) is 0 Å². The maximum absolute atomic E-state index is 12.5. The van der Waals surface area contributed by atoms with Gasteiger partial charge in [0.15, 0.2) is 0 Å². The molecule has 20 heavy (non-hydrogen) atoms. The van der Waals surface area contributed by atoms with Crippen LogP contribution in [0.5, 0.6) is 0 Å². The predicted octanol–water partition coefficient (Wildman–Crippen LogP) is 2.60. The highest BCUT2D eigenvalue weighted by Gasteiger charge is 2.38. The molecule has 4 nitrogen and oxygen atoms in total. The van der Waals surface area contributed by atoms with Gasteiger partial charge in [-0.3, -0.25) is 4.79 Å². The number of hydrogen-bond acceptors (Lipinski definition) is 2. The third kappa shape index (κ3) is 1.77. The molecule has 1 amide bonds. The number of carbonyl (C=O) groups excluding carboxylic acids is 1. The highest BCUT2D eigenvalue weighted by Crippen LogP contribution is 2.30. The molecule has 1 heterocycles. The first kappa shape index (κ1) is 12.4. The molecule has 0 unspecified atom stereocenters.